The number of hydrogen-bond acceptors (Lipinski definition) is 4. The molecule has 1 fully saturated rings. The van der Waals surface area contributed by atoms with Crippen LogP contribution in [0.3, 0.4) is 0 Å². The first-order valence-electron chi connectivity index (χ1n) is 5.03. The highest BCUT2D eigenvalue weighted by atomic mass is 16.7. The number of rotatable bonds is 6. The summed E-state index contributed by atoms with van der Waals surface area (Å²) in [7, 11) is 2.77. The third kappa shape index (κ3) is 2.86. The summed E-state index contributed by atoms with van der Waals surface area (Å²) in [4.78, 5) is 23.1. The summed E-state index contributed by atoms with van der Waals surface area (Å²) < 4.78 is 9.58. The van der Waals surface area contributed by atoms with Crippen LogP contribution in [0.5, 0.6) is 0 Å². The maximum Gasteiger partial charge on any atom is 0.217 e. The second-order valence-electron chi connectivity index (χ2n) is 4.66. The molecule has 1 rings (SSSR count). The summed E-state index contributed by atoms with van der Waals surface area (Å²) in [6.45, 7) is 4.06. The first-order valence-corrected chi connectivity index (χ1v) is 5.03. The van der Waals surface area contributed by atoms with Gasteiger partial charge in [-0.05, 0) is 11.8 Å². The fraction of sp³-hybridized carbons (Fsp3) is 0.818. The van der Waals surface area contributed by atoms with Crippen molar-refractivity contribution in [2.75, 3.05) is 14.2 Å². The topological polar surface area (TPSA) is 52.6 Å². The average molecular weight is 214 g/mol. The van der Waals surface area contributed by atoms with Crippen LogP contribution in [0.1, 0.15) is 26.7 Å². The number of methoxy groups -OCH3 is 2. The van der Waals surface area contributed by atoms with Crippen LogP contribution in [0, 0.1) is 11.3 Å². The quantitative estimate of drug-likeness (QED) is 0.492. The largest absolute Gasteiger partial charge is 0.349 e. The number of ether oxygens (including phenoxy) is 2. The number of carbonyl (C=O) groups is 2. The fourth-order valence-electron chi connectivity index (χ4n) is 1.75. The molecule has 4 heteroatoms. The van der Waals surface area contributed by atoms with Crippen molar-refractivity contribution in [1.29, 1.82) is 0 Å². The summed E-state index contributed by atoms with van der Waals surface area (Å²) in [5.74, 6) is -0.257. The molecule has 0 N–H and O–H groups in total. The van der Waals surface area contributed by atoms with Crippen LogP contribution in [-0.2, 0) is 19.1 Å². The highest BCUT2D eigenvalue weighted by Crippen LogP contribution is 2.52. The van der Waals surface area contributed by atoms with Crippen molar-refractivity contribution in [1.82, 2.24) is 0 Å². The van der Waals surface area contributed by atoms with Gasteiger partial charge in [-0.2, -0.15) is 0 Å². The van der Waals surface area contributed by atoms with Gasteiger partial charge >= 0.3 is 0 Å². The number of carbonyl (C=O) groups excluding carboxylic acids is 2. The van der Waals surface area contributed by atoms with Crippen LogP contribution < -0.4 is 0 Å². The lowest BCUT2D eigenvalue weighted by molar-refractivity contribution is -0.158. The number of ketones is 2. The Kier molecular flexibility index (Phi) is 3.62. The van der Waals surface area contributed by atoms with Gasteiger partial charge in [0.15, 0.2) is 5.78 Å². The number of hydrogen-bond donors (Lipinski definition) is 0. The zero-order chi connectivity index (χ0) is 11.6. The van der Waals surface area contributed by atoms with Crippen molar-refractivity contribution in [3.8, 4) is 0 Å². The van der Waals surface area contributed by atoms with Gasteiger partial charge in [-0.3, -0.25) is 9.59 Å². The zero-order valence-corrected chi connectivity index (χ0v) is 9.70. The van der Waals surface area contributed by atoms with Gasteiger partial charge in [0.1, 0.15) is 5.78 Å². The Bertz CT molecular complexity index is 254. The van der Waals surface area contributed by atoms with Crippen molar-refractivity contribution in [2.24, 2.45) is 11.3 Å². The molecule has 0 bridgehead atoms. The summed E-state index contributed by atoms with van der Waals surface area (Å²) in [6.07, 6.45) is -0.111. The molecular weight excluding hydrogens is 196 g/mol. The van der Waals surface area contributed by atoms with Gasteiger partial charge in [0.05, 0.1) is 6.42 Å². The summed E-state index contributed by atoms with van der Waals surface area (Å²) in [5.41, 5.74) is 0.0764. The third-order valence-electron chi connectivity index (χ3n) is 2.94. The minimum atomic E-state index is -0.907. The molecular formula is C11H18O4. The number of Topliss-reactive ketones (excluding diaryl/α,β-unsaturated/α-hetero) is 2. The van der Waals surface area contributed by atoms with Gasteiger partial charge in [0.25, 0.3) is 0 Å². The molecule has 0 amide bonds. The normalized spacial score (nSPS) is 22.9. The van der Waals surface area contributed by atoms with E-state index in [0.29, 0.717) is 0 Å². The Labute approximate surface area is 89.9 Å². The molecule has 15 heavy (non-hydrogen) atoms. The van der Waals surface area contributed by atoms with Crippen LogP contribution >= 0.6 is 0 Å². The standard InChI is InChI=1S/C11H18O4/c1-11(2)6-7(11)8(12)5-9(13)10(14-3)15-4/h7,10H,5-6H2,1-4H3. The van der Waals surface area contributed by atoms with E-state index < -0.39 is 6.29 Å². The summed E-state index contributed by atoms with van der Waals surface area (Å²) >= 11 is 0. The Balaban J connectivity index is 2.42. The van der Waals surface area contributed by atoms with Gasteiger partial charge < -0.3 is 9.47 Å². The summed E-state index contributed by atoms with van der Waals surface area (Å²) in [6, 6.07) is 0. The highest BCUT2D eigenvalue weighted by Gasteiger charge is 2.50. The van der Waals surface area contributed by atoms with E-state index in [1.165, 1.54) is 14.2 Å². The predicted octanol–water partition coefficient (Wildman–Crippen LogP) is 1.18. The molecule has 0 aromatic carbocycles. The van der Waals surface area contributed by atoms with Gasteiger partial charge in [-0.15, -0.1) is 0 Å². The summed E-state index contributed by atoms with van der Waals surface area (Å²) in [5, 5.41) is 0. The fourth-order valence-corrected chi connectivity index (χ4v) is 1.75. The molecule has 0 heterocycles. The molecule has 1 unspecified atom stereocenters. The van der Waals surface area contributed by atoms with Crippen LogP contribution in [0.25, 0.3) is 0 Å². The van der Waals surface area contributed by atoms with E-state index in [1.807, 2.05) is 13.8 Å². The molecule has 0 aromatic heterocycles. The Morgan fingerprint density at radius 1 is 1.33 bits per heavy atom. The van der Waals surface area contributed by atoms with Crippen molar-refractivity contribution in [2.45, 2.75) is 33.0 Å². The molecule has 1 aliphatic carbocycles. The monoisotopic (exact) mass is 214 g/mol. The van der Waals surface area contributed by atoms with Gasteiger partial charge in [-0.1, -0.05) is 13.8 Å². The van der Waals surface area contributed by atoms with Crippen LogP contribution in [0.15, 0.2) is 0 Å². The smallest absolute Gasteiger partial charge is 0.217 e. The van der Waals surface area contributed by atoms with Crippen LogP contribution in [-0.4, -0.2) is 32.1 Å². The van der Waals surface area contributed by atoms with Gasteiger partial charge in [0, 0.05) is 20.1 Å². The van der Waals surface area contributed by atoms with Crippen molar-refractivity contribution < 1.29 is 19.1 Å². The molecule has 86 valence electrons. The molecule has 0 radical (unpaired) electrons. The maximum atomic E-state index is 11.6. The minimum absolute atomic E-state index is 0.00380. The molecule has 4 nitrogen and oxygen atoms in total. The van der Waals surface area contributed by atoms with Crippen molar-refractivity contribution in [3.63, 3.8) is 0 Å². The molecule has 0 spiro atoms. The molecule has 0 saturated heterocycles. The lowest BCUT2D eigenvalue weighted by Gasteiger charge is -2.11. The lowest BCUT2D eigenvalue weighted by Crippen LogP contribution is -2.27. The highest BCUT2D eigenvalue weighted by molar-refractivity contribution is 6.02. The van der Waals surface area contributed by atoms with E-state index in [-0.39, 0.29) is 29.3 Å². The van der Waals surface area contributed by atoms with Crippen LogP contribution in [0.2, 0.25) is 0 Å². The van der Waals surface area contributed by atoms with Gasteiger partial charge in [-0.25, -0.2) is 0 Å². The van der Waals surface area contributed by atoms with E-state index in [9.17, 15) is 9.59 Å². The third-order valence-corrected chi connectivity index (χ3v) is 2.94. The van der Waals surface area contributed by atoms with Crippen LogP contribution in [0.4, 0.5) is 0 Å². The Hall–Kier alpha value is -0.740. The molecule has 0 aromatic rings. The first-order chi connectivity index (χ1) is 6.92. The Morgan fingerprint density at radius 2 is 1.80 bits per heavy atom. The van der Waals surface area contributed by atoms with Gasteiger partial charge in [0.2, 0.25) is 6.29 Å². The first kappa shape index (κ1) is 12.3. The Morgan fingerprint density at radius 3 is 2.13 bits per heavy atom. The predicted molar refractivity (Wildman–Crippen MR) is 54.3 cm³/mol. The van der Waals surface area contributed by atoms with E-state index in [1.54, 1.807) is 0 Å². The van der Waals surface area contributed by atoms with E-state index in [2.05, 4.69) is 0 Å². The van der Waals surface area contributed by atoms with Crippen molar-refractivity contribution in [3.05, 3.63) is 0 Å². The molecule has 1 atom stereocenters. The van der Waals surface area contributed by atoms with Crippen molar-refractivity contribution >= 4 is 11.6 Å². The van der Waals surface area contributed by atoms with E-state index >= 15 is 0 Å². The second kappa shape index (κ2) is 4.41. The zero-order valence-electron chi connectivity index (χ0n) is 9.70. The molecule has 1 saturated carbocycles. The second-order valence-corrected chi connectivity index (χ2v) is 4.66. The van der Waals surface area contributed by atoms with E-state index in [4.69, 9.17) is 9.47 Å². The van der Waals surface area contributed by atoms with E-state index in [0.717, 1.165) is 6.42 Å². The lowest BCUT2D eigenvalue weighted by atomic mass is 10.0. The minimum Gasteiger partial charge on any atom is -0.349 e. The average Bonchev–Trinajstić information content (AvgIpc) is 2.77. The molecule has 0 aliphatic heterocycles. The SMILES string of the molecule is COC(OC)C(=O)CC(=O)C1CC1(C)C. The molecule has 1 aliphatic rings. The maximum absolute atomic E-state index is 11.6.